The van der Waals surface area contributed by atoms with Gasteiger partial charge in [-0.15, -0.1) is 0 Å². The Balaban J connectivity index is 2.88. The molecule has 0 unspecified atom stereocenters. The fourth-order valence-corrected chi connectivity index (χ4v) is 1.62. The fraction of sp³-hybridized carbons (Fsp3) is 0.571. The first-order valence-electron chi connectivity index (χ1n) is 5.76. The summed E-state index contributed by atoms with van der Waals surface area (Å²) < 4.78 is 0. The van der Waals surface area contributed by atoms with Crippen LogP contribution in [0, 0.1) is 6.92 Å². The molecule has 0 aliphatic heterocycles. The number of hydrogen-bond acceptors (Lipinski definition) is 1. The maximum Gasteiger partial charge on any atom is 0.0208 e. The lowest BCUT2D eigenvalue weighted by molar-refractivity contribution is 0.589. The summed E-state index contributed by atoms with van der Waals surface area (Å²) >= 11 is 0. The average molecular weight is 205 g/mol. The van der Waals surface area contributed by atoms with Crippen molar-refractivity contribution < 1.29 is 0 Å². The molecule has 0 heterocycles. The molecule has 1 N–H and O–H groups in total. The monoisotopic (exact) mass is 205 g/mol. The molecule has 0 spiro atoms. The van der Waals surface area contributed by atoms with Crippen molar-refractivity contribution in [1.82, 2.24) is 5.32 Å². The lowest BCUT2D eigenvalue weighted by Crippen LogP contribution is -2.15. The van der Waals surface area contributed by atoms with Crippen LogP contribution in [0.2, 0.25) is 0 Å². The summed E-state index contributed by atoms with van der Waals surface area (Å²) in [6, 6.07) is 6.81. The standard InChI is InChI=1S/C14H23N/c1-6-15-10-12-7-8-13(9-11(12)2)14(3,4)5/h7-9,15H,6,10H2,1-5H3. The highest BCUT2D eigenvalue weighted by molar-refractivity contribution is 5.34. The van der Waals surface area contributed by atoms with Gasteiger partial charge in [0.2, 0.25) is 0 Å². The second kappa shape index (κ2) is 4.80. The van der Waals surface area contributed by atoms with Gasteiger partial charge in [-0.2, -0.15) is 0 Å². The van der Waals surface area contributed by atoms with E-state index in [0.29, 0.717) is 0 Å². The van der Waals surface area contributed by atoms with E-state index < -0.39 is 0 Å². The summed E-state index contributed by atoms with van der Waals surface area (Å²) in [7, 11) is 0. The molecule has 0 bridgehead atoms. The lowest BCUT2D eigenvalue weighted by Gasteiger charge is -2.20. The van der Waals surface area contributed by atoms with Gasteiger partial charge in [0.05, 0.1) is 0 Å². The zero-order valence-corrected chi connectivity index (χ0v) is 10.6. The Morgan fingerprint density at radius 2 is 1.87 bits per heavy atom. The van der Waals surface area contributed by atoms with Crippen molar-refractivity contribution in [2.75, 3.05) is 6.54 Å². The van der Waals surface area contributed by atoms with E-state index in [1.165, 1.54) is 16.7 Å². The Bertz CT molecular complexity index is 321. The Hall–Kier alpha value is -0.820. The van der Waals surface area contributed by atoms with E-state index in [4.69, 9.17) is 0 Å². The number of aryl methyl sites for hydroxylation is 1. The molecule has 84 valence electrons. The summed E-state index contributed by atoms with van der Waals surface area (Å²) in [4.78, 5) is 0. The number of hydrogen-bond donors (Lipinski definition) is 1. The van der Waals surface area contributed by atoms with Crippen molar-refractivity contribution in [2.45, 2.75) is 46.6 Å². The van der Waals surface area contributed by atoms with Gasteiger partial charge in [0, 0.05) is 6.54 Å². The van der Waals surface area contributed by atoms with Gasteiger partial charge >= 0.3 is 0 Å². The zero-order valence-electron chi connectivity index (χ0n) is 10.6. The van der Waals surface area contributed by atoms with Crippen LogP contribution in [-0.4, -0.2) is 6.54 Å². The topological polar surface area (TPSA) is 12.0 Å². The molecule has 1 aromatic rings. The van der Waals surface area contributed by atoms with Crippen molar-refractivity contribution in [2.24, 2.45) is 0 Å². The highest BCUT2D eigenvalue weighted by atomic mass is 14.8. The third kappa shape index (κ3) is 3.35. The molecule has 15 heavy (non-hydrogen) atoms. The van der Waals surface area contributed by atoms with Crippen LogP contribution in [0.15, 0.2) is 18.2 Å². The largest absolute Gasteiger partial charge is 0.313 e. The molecule has 0 amide bonds. The second-order valence-electron chi connectivity index (χ2n) is 5.17. The van der Waals surface area contributed by atoms with Crippen LogP contribution in [0.5, 0.6) is 0 Å². The lowest BCUT2D eigenvalue weighted by atomic mass is 9.85. The third-order valence-corrected chi connectivity index (χ3v) is 2.77. The summed E-state index contributed by atoms with van der Waals surface area (Å²) in [6.07, 6.45) is 0. The molecule has 1 aromatic carbocycles. The molecule has 0 radical (unpaired) electrons. The fourth-order valence-electron chi connectivity index (χ4n) is 1.62. The molecule has 0 fully saturated rings. The minimum absolute atomic E-state index is 0.251. The van der Waals surface area contributed by atoms with Crippen molar-refractivity contribution in [3.8, 4) is 0 Å². The smallest absolute Gasteiger partial charge is 0.0208 e. The minimum Gasteiger partial charge on any atom is -0.313 e. The van der Waals surface area contributed by atoms with Crippen molar-refractivity contribution in [3.63, 3.8) is 0 Å². The van der Waals surface area contributed by atoms with Gasteiger partial charge < -0.3 is 5.32 Å². The SMILES string of the molecule is CCNCc1ccc(C(C)(C)C)cc1C. The van der Waals surface area contributed by atoms with E-state index in [9.17, 15) is 0 Å². The first-order valence-corrected chi connectivity index (χ1v) is 5.76. The molecule has 0 aliphatic carbocycles. The van der Waals surface area contributed by atoms with E-state index >= 15 is 0 Å². The number of benzene rings is 1. The van der Waals surface area contributed by atoms with Crippen LogP contribution in [0.3, 0.4) is 0 Å². The quantitative estimate of drug-likeness (QED) is 0.797. The van der Waals surface area contributed by atoms with Gasteiger partial charge in [0.15, 0.2) is 0 Å². The molecule has 1 rings (SSSR count). The van der Waals surface area contributed by atoms with Gasteiger partial charge in [0.25, 0.3) is 0 Å². The first kappa shape index (κ1) is 12.3. The number of nitrogens with one attached hydrogen (secondary N) is 1. The Morgan fingerprint density at radius 1 is 1.20 bits per heavy atom. The molecule has 0 aliphatic rings. The normalized spacial score (nSPS) is 11.8. The van der Waals surface area contributed by atoms with Crippen molar-refractivity contribution >= 4 is 0 Å². The van der Waals surface area contributed by atoms with Crippen molar-refractivity contribution in [1.29, 1.82) is 0 Å². The van der Waals surface area contributed by atoms with Crippen LogP contribution in [0.25, 0.3) is 0 Å². The van der Waals surface area contributed by atoms with E-state index in [1.54, 1.807) is 0 Å². The molecule has 0 aromatic heterocycles. The van der Waals surface area contributed by atoms with Gasteiger partial charge in [-0.05, 0) is 35.6 Å². The van der Waals surface area contributed by atoms with E-state index in [-0.39, 0.29) is 5.41 Å². The van der Waals surface area contributed by atoms with Gasteiger partial charge in [-0.3, -0.25) is 0 Å². The Kier molecular flexibility index (Phi) is 3.92. The van der Waals surface area contributed by atoms with Crippen LogP contribution in [0.4, 0.5) is 0 Å². The van der Waals surface area contributed by atoms with Crippen LogP contribution in [-0.2, 0) is 12.0 Å². The number of rotatable bonds is 3. The van der Waals surface area contributed by atoms with Crippen LogP contribution in [0.1, 0.15) is 44.4 Å². The molecule has 1 nitrogen and oxygen atoms in total. The van der Waals surface area contributed by atoms with E-state index in [2.05, 4.69) is 58.1 Å². The molecular weight excluding hydrogens is 182 g/mol. The Labute approximate surface area is 93.9 Å². The van der Waals surface area contributed by atoms with Crippen LogP contribution >= 0.6 is 0 Å². The predicted molar refractivity (Wildman–Crippen MR) is 67.3 cm³/mol. The highest BCUT2D eigenvalue weighted by Gasteiger charge is 2.13. The highest BCUT2D eigenvalue weighted by Crippen LogP contribution is 2.24. The Morgan fingerprint density at radius 3 is 2.33 bits per heavy atom. The van der Waals surface area contributed by atoms with E-state index in [0.717, 1.165) is 13.1 Å². The summed E-state index contributed by atoms with van der Waals surface area (Å²) in [5.74, 6) is 0. The minimum atomic E-state index is 0.251. The first-order chi connectivity index (χ1) is 6.95. The summed E-state index contributed by atoms with van der Waals surface area (Å²) in [5, 5.41) is 3.36. The van der Waals surface area contributed by atoms with Crippen LogP contribution < -0.4 is 5.32 Å². The van der Waals surface area contributed by atoms with Gasteiger partial charge in [-0.25, -0.2) is 0 Å². The molecule has 0 saturated heterocycles. The molecule has 0 atom stereocenters. The molecule has 1 heteroatoms. The van der Waals surface area contributed by atoms with Gasteiger partial charge in [-0.1, -0.05) is 45.9 Å². The molecule has 0 saturated carbocycles. The molecular formula is C14H23N. The average Bonchev–Trinajstić information content (AvgIpc) is 2.14. The van der Waals surface area contributed by atoms with E-state index in [1.807, 2.05) is 0 Å². The maximum atomic E-state index is 3.36. The van der Waals surface area contributed by atoms with Crippen molar-refractivity contribution in [3.05, 3.63) is 34.9 Å². The predicted octanol–water partition coefficient (Wildman–Crippen LogP) is 3.40. The summed E-state index contributed by atoms with van der Waals surface area (Å²) in [6.45, 7) is 13.1. The maximum absolute atomic E-state index is 3.36. The third-order valence-electron chi connectivity index (χ3n) is 2.77. The second-order valence-corrected chi connectivity index (χ2v) is 5.17. The zero-order chi connectivity index (χ0) is 11.5. The van der Waals surface area contributed by atoms with Gasteiger partial charge in [0.1, 0.15) is 0 Å². The summed E-state index contributed by atoms with van der Waals surface area (Å²) in [5.41, 5.74) is 4.47.